The van der Waals surface area contributed by atoms with Gasteiger partial charge < -0.3 is 4.98 Å². The lowest BCUT2D eigenvalue weighted by Crippen LogP contribution is -2.16. The molecule has 0 atom stereocenters. The molecule has 0 fully saturated rings. The molecule has 1 aromatic heterocycles. The molecule has 6 heteroatoms. The summed E-state index contributed by atoms with van der Waals surface area (Å²) in [5.74, 6) is 0. The molecule has 0 unspecified atom stereocenters. The summed E-state index contributed by atoms with van der Waals surface area (Å²) in [4.78, 5) is 13.1. The van der Waals surface area contributed by atoms with Gasteiger partial charge in [0.2, 0.25) is 0 Å². The SMILES string of the molecule is N#CCc1cc(C#N)c(C(F)F)[nH]c1=O. The van der Waals surface area contributed by atoms with E-state index in [1.54, 1.807) is 12.1 Å². The zero-order valence-corrected chi connectivity index (χ0v) is 7.42. The highest BCUT2D eigenvalue weighted by Gasteiger charge is 2.16. The first-order chi connectivity index (χ1) is 7.10. The van der Waals surface area contributed by atoms with Crippen molar-refractivity contribution in [3.8, 4) is 12.1 Å². The van der Waals surface area contributed by atoms with Crippen LogP contribution in [0.4, 0.5) is 8.78 Å². The van der Waals surface area contributed by atoms with E-state index in [2.05, 4.69) is 0 Å². The molecule has 1 heterocycles. The molecule has 0 saturated carbocycles. The molecule has 0 aromatic carbocycles. The Balaban J connectivity index is 3.39. The Labute approximate surface area is 83.4 Å². The molecule has 0 amide bonds. The number of pyridine rings is 1. The number of nitrogens with zero attached hydrogens (tertiary/aromatic N) is 2. The second-order valence-corrected chi connectivity index (χ2v) is 2.70. The average molecular weight is 209 g/mol. The molecule has 15 heavy (non-hydrogen) atoms. The fourth-order valence-corrected chi connectivity index (χ4v) is 1.07. The summed E-state index contributed by atoms with van der Waals surface area (Å²) >= 11 is 0. The Hall–Kier alpha value is -2.21. The van der Waals surface area contributed by atoms with E-state index in [-0.39, 0.29) is 17.5 Å². The maximum Gasteiger partial charge on any atom is 0.279 e. The van der Waals surface area contributed by atoms with Crippen LogP contribution in [0.25, 0.3) is 0 Å². The average Bonchev–Trinajstić information content (AvgIpc) is 2.20. The molecule has 0 aliphatic heterocycles. The maximum atomic E-state index is 12.3. The number of aromatic amines is 1. The van der Waals surface area contributed by atoms with Crippen molar-refractivity contribution >= 4 is 0 Å². The molecule has 0 aliphatic rings. The van der Waals surface area contributed by atoms with Gasteiger partial charge in [-0.15, -0.1) is 0 Å². The smallest absolute Gasteiger partial charge is 0.279 e. The van der Waals surface area contributed by atoms with Gasteiger partial charge in [-0.2, -0.15) is 10.5 Å². The molecule has 0 bridgehead atoms. The van der Waals surface area contributed by atoms with Crippen LogP contribution >= 0.6 is 0 Å². The minimum Gasteiger partial charge on any atom is -0.320 e. The molecule has 1 aromatic rings. The second kappa shape index (κ2) is 4.34. The first-order valence-corrected chi connectivity index (χ1v) is 3.91. The molecule has 1 N–H and O–H groups in total. The molecule has 0 radical (unpaired) electrons. The van der Waals surface area contributed by atoms with Crippen LogP contribution in [0.1, 0.15) is 23.2 Å². The number of nitriles is 2. The number of halogens is 2. The molecular formula is C9H5F2N3O. The third-order valence-corrected chi connectivity index (χ3v) is 1.76. The van der Waals surface area contributed by atoms with Crippen molar-refractivity contribution in [2.45, 2.75) is 12.8 Å². The van der Waals surface area contributed by atoms with Crippen LogP contribution in [0.2, 0.25) is 0 Å². The van der Waals surface area contributed by atoms with Crippen molar-refractivity contribution < 1.29 is 8.78 Å². The van der Waals surface area contributed by atoms with Gasteiger partial charge in [0.15, 0.2) is 0 Å². The van der Waals surface area contributed by atoms with Crippen molar-refractivity contribution in [1.29, 1.82) is 10.5 Å². The van der Waals surface area contributed by atoms with Crippen LogP contribution in [0.5, 0.6) is 0 Å². The largest absolute Gasteiger partial charge is 0.320 e. The van der Waals surface area contributed by atoms with E-state index in [0.717, 1.165) is 6.07 Å². The van der Waals surface area contributed by atoms with E-state index in [9.17, 15) is 13.6 Å². The minimum atomic E-state index is -2.91. The van der Waals surface area contributed by atoms with Gasteiger partial charge in [-0.1, -0.05) is 0 Å². The molecule has 0 spiro atoms. The van der Waals surface area contributed by atoms with Crippen LogP contribution in [-0.2, 0) is 6.42 Å². The van der Waals surface area contributed by atoms with Gasteiger partial charge in [0.1, 0.15) is 11.8 Å². The van der Waals surface area contributed by atoms with Crippen molar-refractivity contribution in [3.63, 3.8) is 0 Å². The number of H-pyrrole nitrogens is 1. The van der Waals surface area contributed by atoms with E-state index in [1.807, 2.05) is 4.98 Å². The fraction of sp³-hybridized carbons (Fsp3) is 0.222. The first-order valence-electron chi connectivity index (χ1n) is 3.91. The molecule has 4 nitrogen and oxygen atoms in total. The predicted molar refractivity (Wildman–Crippen MR) is 46.1 cm³/mol. The van der Waals surface area contributed by atoms with Crippen LogP contribution in [0, 0.1) is 22.7 Å². The Morgan fingerprint density at radius 1 is 1.47 bits per heavy atom. The van der Waals surface area contributed by atoms with Crippen molar-refractivity contribution in [2.24, 2.45) is 0 Å². The summed E-state index contributed by atoms with van der Waals surface area (Å²) in [5.41, 5.74) is -1.76. The summed E-state index contributed by atoms with van der Waals surface area (Å²) in [6.07, 6.45) is -3.13. The highest BCUT2D eigenvalue weighted by molar-refractivity contribution is 5.37. The second-order valence-electron chi connectivity index (χ2n) is 2.70. The highest BCUT2D eigenvalue weighted by Crippen LogP contribution is 2.19. The number of hydrogen-bond donors (Lipinski definition) is 1. The third-order valence-electron chi connectivity index (χ3n) is 1.76. The van der Waals surface area contributed by atoms with E-state index in [1.165, 1.54) is 0 Å². The summed E-state index contributed by atoms with van der Waals surface area (Å²) < 4.78 is 24.7. The Kier molecular flexibility index (Phi) is 3.14. The molecular weight excluding hydrogens is 204 g/mol. The Morgan fingerprint density at radius 3 is 2.60 bits per heavy atom. The van der Waals surface area contributed by atoms with Crippen molar-refractivity contribution in [3.05, 3.63) is 33.2 Å². The number of alkyl halides is 2. The van der Waals surface area contributed by atoms with Crippen molar-refractivity contribution in [1.82, 2.24) is 4.98 Å². The van der Waals surface area contributed by atoms with Gasteiger partial charge in [0.25, 0.3) is 12.0 Å². The number of aromatic nitrogens is 1. The maximum absolute atomic E-state index is 12.3. The predicted octanol–water partition coefficient (Wildman–Crippen LogP) is 1.25. The minimum absolute atomic E-state index is 0.0125. The normalized spacial score (nSPS) is 9.67. The summed E-state index contributed by atoms with van der Waals surface area (Å²) in [6, 6.07) is 4.27. The topological polar surface area (TPSA) is 80.4 Å². The lowest BCUT2D eigenvalue weighted by Gasteiger charge is -2.03. The van der Waals surface area contributed by atoms with E-state index in [0.29, 0.717) is 0 Å². The lowest BCUT2D eigenvalue weighted by atomic mass is 10.1. The van der Waals surface area contributed by atoms with Crippen molar-refractivity contribution in [2.75, 3.05) is 0 Å². The standard InChI is InChI=1S/C9H5F2N3O/c10-8(11)7-6(4-13)3-5(1-2-12)9(15)14-7/h3,8H,1H2,(H,14,15). The third kappa shape index (κ3) is 2.18. The monoisotopic (exact) mass is 209 g/mol. The quantitative estimate of drug-likeness (QED) is 0.795. The number of nitrogens with one attached hydrogen (secondary N) is 1. The van der Waals surface area contributed by atoms with Gasteiger partial charge in [-0.25, -0.2) is 8.78 Å². The molecule has 76 valence electrons. The zero-order valence-electron chi connectivity index (χ0n) is 7.42. The van der Waals surface area contributed by atoms with Gasteiger partial charge in [-0.05, 0) is 6.07 Å². The zero-order chi connectivity index (χ0) is 11.4. The lowest BCUT2D eigenvalue weighted by molar-refractivity contribution is 0.145. The summed E-state index contributed by atoms with van der Waals surface area (Å²) in [7, 11) is 0. The van der Waals surface area contributed by atoms with Crippen LogP contribution < -0.4 is 5.56 Å². The summed E-state index contributed by atoms with van der Waals surface area (Å²) in [6.45, 7) is 0. The molecule has 0 saturated heterocycles. The van der Waals surface area contributed by atoms with E-state index in [4.69, 9.17) is 10.5 Å². The number of rotatable bonds is 2. The highest BCUT2D eigenvalue weighted by atomic mass is 19.3. The van der Waals surface area contributed by atoms with Gasteiger partial charge in [0.05, 0.1) is 18.1 Å². The van der Waals surface area contributed by atoms with Crippen LogP contribution in [0.3, 0.4) is 0 Å². The van der Waals surface area contributed by atoms with Crippen LogP contribution in [-0.4, -0.2) is 4.98 Å². The van der Waals surface area contributed by atoms with E-state index < -0.39 is 17.7 Å². The Bertz CT molecular complexity index is 508. The number of hydrogen-bond acceptors (Lipinski definition) is 3. The van der Waals surface area contributed by atoms with Crippen LogP contribution in [0.15, 0.2) is 10.9 Å². The first kappa shape index (κ1) is 10.9. The molecule has 1 rings (SSSR count). The summed E-state index contributed by atoms with van der Waals surface area (Å²) in [5, 5.41) is 16.9. The van der Waals surface area contributed by atoms with Gasteiger partial charge >= 0.3 is 0 Å². The van der Waals surface area contributed by atoms with Gasteiger partial charge in [-0.3, -0.25) is 4.79 Å². The fourth-order valence-electron chi connectivity index (χ4n) is 1.07. The van der Waals surface area contributed by atoms with E-state index >= 15 is 0 Å². The molecule has 0 aliphatic carbocycles. The van der Waals surface area contributed by atoms with Gasteiger partial charge in [0, 0.05) is 5.56 Å². The Morgan fingerprint density at radius 2 is 2.13 bits per heavy atom.